The minimum atomic E-state index is -3.49. The van der Waals surface area contributed by atoms with Gasteiger partial charge in [-0.3, -0.25) is 0 Å². The second-order valence-corrected chi connectivity index (χ2v) is 6.65. The maximum Gasteiger partial charge on any atom is 0.242 e. The van der Waals surface area contributed by atoms with Crippen LogP contribution in [0.25, 0.3) is 0 Å². The smallest absolute Gasteiger partial charge is 0.242 e. The fraction of sp³-hybridized carbons (Fsp3) is 0.462. The van der Waals surface area contributed by atoms with Gasteiger partial charge in [0.15, 0.2) is 0 Å². The van der Waals surface area contributed by atoms with E-state index in [2.05, 4.69) is 6.07 Å². The van der Waals surface area contributed by atoms with Gasteiger partial charge >= 0.3 is 0 Å². The van der Waals surface area contributed by atoms with Gasteiger partial charge in [0, 0.05) is 27.2 Å². The van der Waals surface area contributed by atoms with E-state index in [1.54, 1.807) is 12.1 Å². The molecule has 0 radical (unpaired) electrons. The average molecular weight is 296 g/mol. The molecule has 110 valence electrons. The van der Waals surface area contributed by atoms with E-state index < -0.39 is 10.0 Å². The first-order valence-electron chi connectivity index (χ1n) is 6.28. The van der Waals surface area contributed by atoms with Crippen LogP contribution < -0.4 is 10.6 Å². The van der Waals surface area contributed by atoms with Gasteiger partial charge in [0.05, 0.1) is 28.8 Å². The number of nitrogen functional groups attached to an aromatic ring is 1. The molecule has 0 heterocycles. The van der Waals surface area contributed by atoms with Gasteiger partial charge in [0.25, 0.3) is 0 Å². The van der Waals surface area contributed by atoms with Crippen molar-refractivity contribution in [3.05, 3.63) is 18.2 Å². The molecule has 1 aromatic rings. The summed E-state index contributed by atoms with van der Waals surface area (Å²) in [6, 6.07) is 6.71. The highest BCUT2D eigenvalue weighted by atomic mass is 32.2. The number of rotatable bonds is 6. The second kappa shape index (κ2) is 6.59. The third-order valence-electron chi connectivity index (χ3n) is 3.00. The van der Waals surface area contributed by atoms with E-state index in [4.69, 9.17) is 11.0 Å². The lowest BCUT2D eigenvalue weighted by molar-refractivity contribution is 0.521. The molecular weight excluding hydrogens is 276 g/mol. The first kappa shape index (κ1) is 16.3. The molecule has 0 aliphatic carbocycles. The molecule has 0 saturated carbocycles. The molecule has 0 fully saturated rings. The SMILES string of the molecule is CCN(CCC#N)c1cc(S(=O)(=O)N(C)C)ccc1N. The van der Waals surface area contributed by atoms with Crippen molar-refractivity contribution in [1.29, 1.82) is 5.26 Å². The van der Waals surface area contributed by atoms with E-state index in [0.29, 0.717) is 30.9 Å². The van der Waals surface area contributed by atoms with Crippen LogP contribution in [0.1, 0.15) is 13.3 Å². The van der Waals surface area contributed by atoms with Gasteiger partial charge in [0.1, 0.15) is 0 Å². The Labute approximate surface area is 120 Å². The maximum atomic E-state index is 12.1. The quantitative estimate of drug-likeness (QED) is 0.798. The summed E-state index contributed by atoms with van der Waals surface area (Å²) in [6.07, 6.45) is 0.359. The molecule has 0 saturated heterocycles. The van der Waals surface area contributed by atoms with E-state index in [1.165, 1.54) is 20.2 Å². The Bertz CT molecular complexity index is 605. The number of sulfonamides is 1. The highest BCUT2D eigenvalue weighted by Crippen LogP contribution is 2.27. The Kier molecular flexibility index (Phi) is 5.36. The fourth-order valence-electron chi connectivity index (χ4n) is 1.80. The van der Waals surface area contributed by atoms with Crippen molar-refractivity contribution >= 4 is 21.4 Å². The predicted octanol–water partition coefficient (Wildman–Crippen LogP) is 1.26. The standard InChI is InChI=1S/C13H20N4O2S/c1-4-17(9-5-8-14)13-10-11(6-7-12(13)15)20(18,19)16(2)3/h6-7,10H,4-5,9,15H2,1-3H3. The van der Waals surface area contributed by atoms with Gasteiger partial charge in [-0.15, -0.1) is 0 Å². The Morgan fingerprint density at radius 1 is 1.35 bits per heavy atom. The molecule has 20 heavy (non-hydrogen) atoms. The van der Waals surface area contributed by atoms with Gasteiger partial charge in [-0.2, -0.15) is 5.26 Å². The van der Waals surface area contributed by atoms with E-state index in [9.17, 15) is 8.42 Å². The zero-order valence-corrected chi connectivity index (χ0v) is 12.8. The molecule has 7 heteroatoms. The Morgan fingerprint density at radius 3 is 2.50 bits per heavy atom. The summed E-state index contributed by atoms with van der Waals surface area (Å²) >= 11 is 0. The molecule has 1 rings (SSSR count). The van der Waals surface area contributed by atoms with E-state index in [0.717, 1.165) is 4.31 Å². The summed E-state index contributed by atoms with van der Waals surface area (Å²) in [6.45, 7) is 3.10. The molecule has 0 spiro atoms. The molecule has 0 aromatic heterocycles. The van der Waals surface area contributed by atoms with Crippen LogP contribution >= 0.6 is 0 Å². The van der Waals surface area contributed by atoms with E-state index in [1.807, 2.05) is 11.8 Å². The molecule has 2 N–H and O–H groups in total. The molecule has 6 nitrogen and oxygen atoms in total. The maximum absolute atomic E-state index is 12.1. The van der Waals surface area contributed by atoms with Crippen LogP contribution in [0, 0.1) is 11.3 Å². The Hall–Kier alpha value is -1.78. The van der Waals surface area contributed by atoms with Crippen molar-refractivity contribution in [2.45, 2.75) is 18.2 Å². The minimum absolute atomic E-state index is 0.196. The van der Waals surface area contributed by atoms with Crippen LogP contribution in [-0.2, 0) is 10.0 Å². The monoisotopic (exact) mass is 296 g/mol. The van der Waals surface area contributed by atoms with Crippen LogP contribution in [0.15, 0.2) is 23.1 Å². The van der Waals surface area contributed by atoms with Crippen LogP contribution in [0.5, 0.6) is 0 Å². The third kappa shape index (κ3) is 3.40. The summed E-state index contributed by atoms with van der Waals surface area (Å²) in [5.74, 6) is 0. The van der Waals surface area contributed by atoms with Crippen LogP contribution in [0.2, 0.25) is 0 Å². The number of hydrogen-bond donors (Lipinski definition) is 1. The van der Waals surface area contributed by atoms with Crippen molar-refractivity contribution in [1.82, 2.24) is 4.31 Å². The fourth-order valence-corrected chi connectivity index (χ4v) is 2.72. The molecular formula is C13H20N4O2S. The van der Waals surface area contributed by atoms with Crippen LogP contribution in [0.4, 0.5) is 11.4 Å². The molecule has 0 aliphatic heterocycles. The van der Waals surface area contributed by atoms with E-state index in [-0.39, 0.29) is 4.90 Å². The number of nitrogens with zero attached hydrogens (tertiary/aromatic N) is 3. The second-order valence-electron chi connectivity index (χ2n) is 4.50. The molecule has 0 atom stereocenters. The normalized spacial score (nSPS) is 11.3. The van der Waals surface area contributed by atoms with Crippen molar-refractivity contribution in [2.24, 2.45) is 0 Å². The molecule has 0 unspecified atom stereocenters. The topological polar surface area (TPSA) is 90.4 Å². The van der Waals surface area contributed by atoms with E-state index >= 15 is 0 Å². The third-order valence-corrected chi connectivity index (χ3v) is 4.81. The summed E-state index contributed by atoms with van der Waals surface area (Å²) in [4.78, 5) is 2.09. The van der Waals surface area contributed by atoms with Crippen LogP contribution in [-0.4, -0.2) is 39.9 Å². The summed E-state index contributed by atoms with van der Waals surface area (Å²) < 4.78 is 25.4. The summed E-state index contributed by atoms with van der Waals surface area (Å²) in [7, 11) is -0.523. The highest BCUT2D eigenvalue weighted by Gasteiger charge is 2.19. The number of anilines is 2. The zero-order chi connectivity index (χ0) is 15.3. The first-order valence-corrected chi connectivity index (χ1v) is 7.72. The lowest BCUT2D eigenvalue weighted by Crippen LogP contribution is -2.26. The highest BCUT2D eigenvalue weighted by molar-refractivity contribution is 7.89. The van der Waals surface area contributed by atoms with Crippen molar-refractivity contribution in [3.63, 3.8) is 0 Å². The number of nitrogens with two attached hydrogens (primary N) is 1. The summed E-state index contributed by atoms with van der Waals surface area (Å²) in [5.41, 5.74) is 7.07. The predicted molar refractivity (Wildman–Crippen MR) is 79.8 cm³/mol. The van der Waals surface area contributed by atoms with Gasteiger partial charge < -0.3 is 10.6 Å². The molecule has 1 aromatic carbocycles. The minimum Gasteiger partial charge on any atom is -0.397 e. The van der Waals surface area contributed by atoms with Gasteiger partial charge in [-0.05, 0) is 25.1 Å². The summed E-state index contributed by atoms with van der Waals surface area (Å²) in [5, 5.41) is 8.67. The van der Waals surface area contributed by atoms with Crippen molar-refractivity contribution < 1.29 is 8.42 Å². The molecule has 0 bridgehead atoms. The zero-order valence-electron chi connectivity index (χ0n) is 12.0. The molecule has 0 aliphatic rings. The lowest BCUT2D eigenvalue weighted by Gasteiger charge is -2.24. The van der Waals surface area contributed by atoms with Gasteiger partial charge in [0.2, 0.25) is 10.0 Å². The average Bonchev–Trinajstić information content (AvgIpc) is 2.40. The van der Waals surface area contributed by atoms with Crippen molar-refractivity contribution in [2.75, 3.05) is 37.8 Å². The van der Waals surface area contributed by atoms with Gasteiger partial charge in [-0.1, -0.05) is 0 Å². The lowest BCUT2D eigenvalue weighted by atomic mass is 10.2. The first-order chi connectivity index (χ1) is 9.34. The number of benzene rings is 1. The Morgan fingerprint density at radius 2 is 2.00 bits per heavy atom. The number of hydrogen-bond acceptors (Lipinski definition) is 5. The number of nitriles is 1. The van der Waals surface area contributed by atoms with Gasteiger partial charge in [-0.25, -0.2) is 12.7 Å². The van der Waals surface area contributed by atoms with Crippen molar-refractivity contribution in [3.8, 4) is 6.07 Å². The Balaban J connectivity index is 3.25. The largest absolute Gasteiger partial charge is 0.397 e. The molecule has 0 amide bonds. The van der Waals surface area contributed by atoms with Crippen LogP contribution in [0.3, 0.4) is 0 Å².